The average Bonchev–Trinajstić information content (AvgIpc) is 2.87. The maximum atomic E-state index is 5.55. The molecule has 0 N–H and O–H groups in total. The van der Waals surface area contributed by atoms with E-state index >= 15 is 0 Å². The van der Waals surface area contributed by atoms with Gasteiger partial charge < -0.3 is 9.64 Å². The number of rotatable bonds is 3. The Morgan fingerprint density at radius 1 is 1.50 bits per heavy atom. The average molecular weight is 262 g/mol. The van der Waals surface area contributed by atoms with Crippen LogP contribution in [-0.4, -0.2) is 31.8 Å². The van der Waals surface area contributed by atoms with Gasteiger partial charge in [0.2, 0.25) is 0 Å². The molecular weight excluding hydrogens is 244 g/mol. The van der Waals surface area contributed by atoms with Gasteiger partial charge in [-0.05, 0) is 36.3 Å². The van der Waals surface area contributed by atoms with Crippen molar-refractivity contribution in [3.05, 3.63) is 23.7 Å². The molecule has 3 nitrogen and oxygen atoms in total. The number of ether oxygens (including phenoxy) is 1. The van der Waals surface area contributed by atoms with E-state index in [4.69, 9.17) is 4.74 Å². The summed E-state index contributed by atoms with van der Waals surface area (Å²) in [6.07, 6.45) is 4.36. The van der Waals surface area contributed by atoms with Crippen LogP contribution in [0.15, 0.2) is 23.7 Å². The third-order valence-corrected chi connectivity index (χ3v) is 4.39. The van der Waals surface area contributed by atoms with Crippen LogP contribution in [0.4, 0.5) is 5.82 Å². The van der Waals surface area contributed by atoms with Gasteiger partial charge in [-0.2, -0.15) is 0 Å². The van der Waals surface area contributed by atoms with Crippen LogP contribution in [-0.2, 0) is 4.74 Å². The molecule has 1 fully saturated rings. The topological polar surface area (TPSA) is 25.4 Å². The maximum absolute atomic E-state index is 5.55. The van der Waals surface area contributed by atoms with Crippen LogP contribution in [0.2, 0.25) is 0 Å². The van der Waals surface area contributed by atoms with E-state index in [0.717, 1.165) is 25.6 Å². The molecule has 0 spiro atoms. The Morgan fingerprint density at radius 2 is 2.44 bits per heavy atom. The second kappa shape index (κ2) is 5.24. The van der Waals surface area contributed by atoms with Gasteiger partial charge in [0.25, 0.3) is 0 Å². The van der Waals surface area contributed by atoms with Gasteiger partial charge in [0, 0.05) is 36.5 Å². The molecule has 4 heteroatoms. The molecule has 0 amide bonds. The first-order valence-corrected chi connectivity index (χ1v) is 7.33. The van der Waals surface area contributed by atoms with Gasteiger partial charge in [-0.25, -0.2) is 4.98 Å². The smallest absolute Gasteiger partial charge is 0.137 e. The number of anilines is 1. The minimum Gasteiger partial charge on any atom is -0.381 e. The second-order valence-corrected chi connectivity index (χ2v) is 5.88. The molecule has 2 aromatic rings. The Kier molecular flexibility index (Phi) is 3.48. The molecule has 0 saturated carbocycles. The van der Waals surface area contributed by atoms with Crippen LogP contribution < -0.4 is 4.90 Å². The third-order valence-electron chi connectivity index (χ3n) is 3.51. The summed E-state index contributed by atoms with van der Waals surface area (Å²) in [6.45, 7) is 2.85. The fourth-order valence-corrected chi connectivity index (χ4v) is 3.39. The maximum Gasteiger partial charge on any atom is 0.137 e. The van der Waals surface area contributed by atoms with Gasteiger partial charge in [0.15, 0.2) is 0 Å². The van der Waals surface area contributed by atoms with Gasteiger partial charge >= 0.3 is 0 Å². The monoisotopic (exact) mass is 262 g/mol. The van der Waals surface area contributed by atoms with E-state index in [-0.39, 0.29) is 0 Å². The lowest BCUT2D eigenvalue weighted by Gasteiger charge is -2.28. The van der Waals surface area contributed by atoms with Crippen molar-refractivity contribution >= 4 is 27.2 Å². The van der Waals surface area contributed by atoms with Crippen molar-refractivity contribution in [2.24, 2.45) is 5.92 Å². The van der Waals surface area contributed by atoms with Gasteiger partial charge in [-0.15, -0.1) is 11.3 Å². The van der Waals surface area contributed by atoms with Gasteiger partial charge in [0.05, 0.1) is 6.61 Å². The van der Waals surface area contributed by atoms with Crippen molar-refractivity contribution in [2.75, 3.05) is 31.7 Å². The minimum atomic E-state index is 0.638. The van der Waals surface area contributed by atoms with Gasteiger partial charge in [0.1, 0.15) is 5.82 Å². The van der Waals surface area contributed by atoms with Gasteiger partial charge in [-0.1, -0.05) is 0 Å². The highest BCUT2D eigenvalue weighted by Gasteiger charge is 2.17. The summed E-state index contributed by atoms with van der Waals surface area (Å²) >= 11 is 1.77. The molecule has 18 heavy (non-hydrogen) atoms. The van der Waals surface area contributed by atoms with Crippen LogP contribution in [0.25, 0.3) is 10.1 Å². The molecule has 1 saturated heterocycles. The molecule has 2 aromatic heterocycles. The highest BCUT2D eigenvalue weighted by Crippen LogP contribution is 2.28. The molecule has 1 aliphatic rings. The van der Waals surface area contributed by atoms with Crippen molar-refractivity contribution in [2.45, 2.75) is 12.8 Å². The fraction of sp³-hybridized carbons (Fsp3) is 0.500. The van der Waals surface area contributed by atoms with Crippen molar-refractivity contribution in [3.63, 3.8) is 0 Å². The zero-order valence-electron chi connectivity index (χ0n) is 10.6. The summed E-state index contributed by atoms with van der Waals surface area (Å²) < 4.78 is 6.86. The van der Waals surface area contributed by atoms with Crippen molar-refractivity contribution < 1.29 is 4.74 Å². The Hall–Kier alpha value is -1.13. The number of hydrogen-bond acceptors (Lipinski definition) is 4. The summed E-state index contributed by atoms with van der Waals surface area (Å²) in [5, 5.41) is 3.40. The minimum absolute atomic E-state index is 0.638. The van der Waals surface area contributed by atoms with E-state index in [9.17, 15) is 0 Å². The number of aromatic nitrogens is 1. The third kappa shape index (κ3) is 2.35. The van der Waals surface area contributed by atoms with E-state index < -0.39 is 0 Å². The van der Waals surface area contributed by atoms with Crippen molar-refractivity contribution in [3.8, 4) is 0 Å². The molecule has 0 aliphatic carbocycles. The van der Waals surface area contributed by atoms with Crippen molar-refractivity contribution in [1.29, 1.82) is 0 Å². The van der Waals surface area contributed by atoms with Crippen LogP contribution in [0.5, 0.6) is 0 Å². The molecule has 3 rings (SSSR count). The highest BCUT2D eigenvalue weighted by atomic mass is 32.1. The Bertz CT molecular complexity index is 519. The molecule has 1 aliphatic heterocycles. The Balaban J connectivity index is 1.78. The zero-order valence-corrected chi connectivity index (χ0v) is 11.4. The SMILES string of the molecule is CN(CC1CCCOC1)c1nccc2sccc12. The Morgan fingerprint density at radius 3 is 3.28 bits per heavy atom. The molecule has 0 bridgehead atoms. The number of hydrogen-bond donors (Lipinski definition) is 0. The molecule has 3 heterocycles. The molecule has 0 radical (unpaired) electrons. The van der Waals surface area contributed by atoms with Crippen molar-refractivity contribution in [1.82, 2.24) is 4.98 Å². The van der Waals surface area contributed by atoms with Crippen LogP contribution in [0, 0.1) is 5.92 Å². The predicted molar refractivity (Wildman–Crippen MR) is 76.4 cm³/mol. The number of thiophene rings is 1. The summed E-state index contributed by atoms with van der Waals surface area (Å²) in [5.41, 5.74) is 0. The number of nitrogens with zero attached hydrogens (tertiary/aromatic N) is 2. The van der Waals surface area contributed by atoms with Crippen LogP contribution in [0.3, 0.4) is 0 Å². The largest absolute Gasteiger partial charge is 0.381 e. The van der Waals surface area contributed by atoms with E-state index in [1.807, 2.05) is 6.20 Å². The molecule has 1 unspecified atom stereocenters. The van der Waals surface area contributed by atoms with Gasteiger partial charge in [-0.3, -0.25) is 0 Å². The molecule has 0 aromatic carbocycles. The first-order valence-electron chi connectivity index (χ1n) is 6.45. The predicted octanol–water partition coefficient (Wildman–Crippen LogP) is 3.16. The Labute approximate surface area is 111 Å². The first-order chi connectivity index (χ1) is 8.84. The quantitative estimate of drug-likeness (QED) is 0.849. The standard InChI is InChI=1S/C14H18N2OS/c1-16(9-11-3-2-7-17-10-11)14-12-5-8-18-13(12)4-6-15-14/h4-6,8,11H,2-3,7,9-10H2,1H3. The number of fused-ring (bicyclic) bond motifs is 1. The lowest BCUT2D eigenvalue weighted by atomic mass is 10.0. The summed E-state index contributed by atoms with van der Waals surface area (Å²) in [6, 6.07) is 4.25. The number of pyridine rings is 1. The normalized spacial score (nSPS) is 20.2. The molecular formula is C14H18N2OS. The second-order valence-electron chi connectivity index (χ2n) is 4.93. The van der Waals surface area contributed by atoms with E-state index in [1.54, 1.807) is 11.3 Å². The fourth-order valence-electron chi connectivity index (χ4n) is 2.61. The summed E-state index contributed by atoms with van der Waals surface area (Å²) in [5.74, 6) is 1.73. The van der Waals surface area contributed by atoms with E-state index in [0.29, 0.717) is 5.92 Å². The summed E-state index contributed by atoms with van der Waals surface area (Å²) in [4.78, 5) is 6.81. The molecule has 1 atom stereocenters. The lowest BCUT2D eigenvalue weighted by Crippen LogP contribution is -2.31. The van der Waals surface area contributed by atoms with Crippen LogP contribution >= 0.6 is 11.3 Å². The van der Waals surface area contributed by atoms with E-state index in [2.05, 4.69) is 34.4 Å². The van der Waals surface area contributed by atoms with Crippen LogP contribution in [0.1, 0.15) is 12.8 Å². The zero-order chi connectivity index (χ0) is 12.4. The highest BCUT2D eigenvalue weighted by molar-refractivity contribution is 7.17. The first kappa shape index (κ1) is 11.9. The molecule has 96 valence electrons. The summed E-state index contributed by atoms with van der Waals surface area (Å²) in [7, 11) is 2.13. The van der Waals surface area contributed by atoms with E-state index in [1.165, 1.54) is 22.9 Å². The lowest BCUT2D eigenvalue weighted by molar-refractivity contribution is 0.0576.